The number of nitrogens with one attached hydrogen (secondary N) is 2. The largest absolute Gasteiger partial charge is 0.494 e. The number of carbonyl (C=O) groups is 3. The van der Waals surface area contributed by atoms with E-state index in [0.29, 0.717) is 18.7 Å². The van der Waals surface area contributed by atoms with E-state index in [-0.39, 0.29) is 37.0 Å². The first kappa shape index (κ1) is 21.2. The molecule has 2 aromatic carbocycles. The standard InChI is InChI=1S/C22H26N2O4/c1-2-14-28-19-10-8-18(9-11-19)20(25)12-13-21(26)24-16-22(27)23-15-17-6-4-3-5-7-17/h3-11H,2,12-16H2,1H3,(H,23,27)(H,24,26). The van der Waals surface area contributed by atoms with Gasteiger partial charge >= 0.3 is 0 Å². The van der Waals surface area contributed by atoms with Crippen molar-refractivity contribution in [2.45, 2.75) is 32.7 Å². The van der Waals surface area contributed by atoms with Crippen LogP contribution in [-0.4, -0.2) is 30.7 Å². The predicted octanol–water partition coefficient (Wildman–Crippen LogP) is 2.87. The summed E-state index contributed by atoms with van der Waals surface area (Å²) in [7, 11) is 0. The molecule has 0 aliphatic carbocycles. The quantitative estimate of drug-likeness (QED) is 0.585. The molecule has 6 heteroatoms. The second kappa shape index (κ2) is 11.5. The van der Waals surface area contributed by atoms with E-state index in [2.05, 4.69) is 10.6 Å². The minimum Gasteiger partial charge on any atom is -0.494 e. The van der Waals surface area contributed by atoms with Crippen LogP contribution < -0.4 is 15.4 Å². The van der Waals surface area contributed by atoms with Gasteiger partial charge in [0.2, 0.25) is 11.8 Å². The average Bonchev–Trinajstić information content (AvgIpc) is 2.74. The number of rotatable bonds is 11. The number of Topliss-reactive ketones (excluding diaryl/α,β-unsaturated/α-hetero) is 1. The van der Waals surface area contributed by atoms with Crippen LogP contribution >= 0.6 is 0 Å². The molecule has 0 aliphatic heterocycles. The van der Waals surface area contributed by atoms with Crippen molar-refractivity contribution in [3.8, 4) is 5.75 Å². The highest BCUT2D eigenvalue weighted by atomic mass is 16.5. The summed E-state index contributed by atoms with van der Waals surface area (Å²) < 4.78 is 5.48. The smallest absolute Gasteiger partial charge is 0.239 e. The fourth-order valence-corrected chi connectivity index (χ4v) is 2.45. The van der Waals surface area contributed by atoms with Gasteiger partial charge in [-0.2, -0.15) is 0 Å². The van der Waals surface area contributed by atoms with Crippen molar-refractivity contribution in [1.82, 2.24) is 10.6 Å². The topological polar surface area (TPSA) is 84.5 Å². The molecule has 0 saturated carbocycles. The lowest BCUT2D eigenvalue weighted by atomic mass is 10.1. The molecule has 0 aliphatic rings. The minimum absolute atomic E-state index is 0.0406. The average molecular weight is 382 g/mol. The van der Waals surface area contributed by atoms with Crippen LogP contribution in [0, 0.1) is 0 Å². The first-order chi connectivity index (χ1) is 13.6. The van der Waals surface area contributed by atoms with E-state index in [9.17, 15) is 14.4 Å². The van der Waals surface area contributed by atoms with Crippen molar-refractivity contribution in [3.05, 3.63) is 65.7 Å². The SMILES string of the molecule is CCCOc1ccc(C(=O)CCC(=O)NCC(=O)NCc2ccccc2)cc1. The number of carbonyl (C=O) groups excluding carboxylic acids is 3. The van der Waals surface area contributed by atoms with E-state index >= 15 is 0 Å². The summed E-state index contributed by atoms with van der Waals surface area (Å²) in [5.74, 6) is 0.000636. The predicted molar refractivity (Wildman–Crippen MR) is 107 cm³/mol. The maximum absolute atomic E-state index is 12.2. The third-order valence-corrected chi connectivity index (χ3v) is 4.01. The molecule has 0 spiro atoms. The highest BCUT2D eigenvalue weighted by Gasteiger charge is 2.11. The zero-order valence-corrected chi connectivity index (χ0v) is 16.1. The first-order valence-electron chi connectivity index (χ1n) is 9.42. The van der Waals surface area contributed by atoms with Crippen LogP contribution in [-0.2, 0) is 16.1 Å². The van der Waals surface area contributed by atoms with Gasteiger partial charge in [0.25, 0.3) is 0 Å². The molecule has 0 unspecified atom stereocenters. The molecule has 0 heterocycles. The molecule has 2 aromatic rings. The summed E-state index contributed by atoms with van der Waals surface area (Å²) in [5, 5.41) is 5.27. The molecule has 6 nitrogen and oxygen atoms in total. The molecule has 0 radical (unpaired) electrons. The molecule has 148 valence electrons. The van der Waals surface area contributed by atoms with E-state index in [1.807, 2.05) is 37.3 Å². The van der Waals surface area contributed by atoms with E-state index in [4.69, 9.17) is 4.74 Å². The number of hydrogen-bond acceptors (Lipinski definition) is 4. The van der Waals surface area contributed by atoms with Gasteiger partial charge in [-0.1, -0.05) is 37.3 Å². The molecular formula is C22H26N2O4. The summed E-state index contributed by atoms with van der Waals surface area (Å²) in [6, 6.07) is 16.4. The van der Waals surface area contributed by atoms with Crippen LogP contribution in [0.2, 0.25) is 0 Å². The zero-order valence-electron chi connectivity index (χ0n) is 16.1. The molecule has 28 heavy (non-hydrogen) atoms. The molecular weight excluding hydrogens is 356 g/mol. The van der Waals surface area contributed by atoms with Crippen molar-refractivity contribution in [3.63, 3.8) is 0 Å². The maximum atomic E-state index is 12.2. The summed E-state index contributed by atoms with van der Waals surface area (Å²) in [6.07, 6.45) is 1.05. The van der Waals surface area contributed by atoms with Gasteiger partial charge in [0.1, 0.15) is 5.75 Å². The fourth-order valence-electron chi connectivity index (χ4n) is 2.45. The van der Waals surface area contributed by atoms with Gasteiger partial charge in [-0.05, 0) is 36.2 Å². The van der Waals surface area contributed by atoms with Gasteiger partial charge in [0.15, 0.2) is 5.78 Å². The second-order valence-electron chi connectivity index (χ2n) is 6.34. The Kier molecular flexibility index (Phi) is 8.72. The molecule has 0 saturated heterocycles. The third-order valence-electron chi connectivity index (χ3n) is 4.01. The Morgan fingerprint density at radius 3 is 2.25 bits per heavy atom. The van der Waals surface area contributed by atoms with Crippen LogP contribution in [0.5, 0.6) is 5.75 Å². The molecule has 0 bridgehead atoms. The molecule has 2 N–H and O–H groups in total. The van der Waals surface area contributed by atoms with Gasteiger partial charge < -0.3 is 15.4 Å². The maximum Gasteiger partial charge on any atom is 0.239 e. The van der Waals surface area contributed by atoms with Gasteiger partial charge in [-0.3, -0.25) is 14.4 Å². The Morgan fingerprint density at radius 1 is 0.857 bits per heavy atom. The van der Waals surface area contributed by atoms with Crippen molar-refractivity contribution in [1.29, 1.82) is 0 Å². The third kappa shape index (κ3) is 7.61. The van der Waals surface area contributed by atoms with Gasteiger partial charge in [0, 0.05) is 24.9 Å². The van der Waals surface area contributed by atoms with Crippen LogP contribution in [0.1, 0.15) is 42.1 Å². The van der Waals surface area contributed by atoms with E-state index in [0.717, 1.165) is 17.7 Å². The number of amides is 2. The number of benzene rings is 2. The van der Waals surface area contributed by atoms with E-state index in [1.54, 1.807) is 24.3 Å². The number of hydrogen-bond donors (Lipinski definition) is 2. The van der Waals surface area contributed by atoms with Crippen molar-refractivity contribution < 1.29 is 19.1 Å². The monoisotopic (exact) mass is 382 g/mol. The van der Waals surface area contributed by atoms with Crippen LogP contribution in [0.25, 0.3) is 0 Å². The normalized spacial score (nSPS) is 10.2. The van der Waals surface area contributed by atoms with Crippen LogP contribution in [0.15, 0.2) is 54.6 Å². The lowest BCUT2D eigenvalue weighted by Gasteiger charge is -2.07. The number of ketones is 1. The Labute approximate surface area is 165 Å². The van der Waals surface area contributed by atoms with Crippen molar-refractivity contribution in [2.24, 2.45) is 0 Å². The summed E-state index contributed by atoms with van der Waals surface area (Å²) in [4.78, 5) is 35.8. The summed E-state index contributed by atoms with van der Waals surface area (Å²) in [6.45, 7) is 2.96. The fraction of sp³-hybridized carbons (Fsp3) is 0.318. The van der Waals surface area contributed by atoms with Crippen molar-refractivity contribution >= 4 is 17.6 Å². The molecule has 2 rings (SSSR count). The number of ether oxygens (including phenoxy) is 1. The Bertz CT molecular complexity index is 773. The van der Waals surface area contributed by atoms with Crippen LogP contribution in [0.4, 0.5) is 0 Å². The minimum atomic E-state index is -0.328. The molecule has 0 fully saturated rings. The molecule has 2 amide bonds. The second-order valence-corrected chi connectivity index (χ2v) is 6.34. The van der Waals surface area contributed by atoms with Crippen molar-refractivity contribution in [2.75, 3.05) is 13.2 Å². The molecule has 0 atom stereocenters. The highest BCUT2D eigenvalue weighted by Crippen LogP contribution is 2.14. The summed E-state index contributed by atoms with van der Waals surface area (Å²) in [5.41, 5.74) is 1.52. The van der Waals surface area contributed by atoms with E-state index < -0.39 is 0 Å². The lowest BCUT2D eigenvalue weighted by Crippen LogP contribution is -2.36. The lowest BCUT2D eigenvalue weighted by molar-refractivity contribution is -0.126. The van der Waals surface area contributed by atoms with Crippen LogP contribution in [0.3, 0.4) is 0 Å². The van der Waals surface area contributed by atoms with Gasteiger partial charge in [-0.15, -0.1) is 0 Å². The van der Waals surface area contributed by atoms with Gasteiger partial charge in [-0.25, -0.2) is 0 Å². The summed E-state index contributed by atoms with van der Waals surface area (Å²) >= 11 is 0. The first-order valence-corrected chi connectivity index (χ1v) is 9.42. The Hall–Kier alpha value is -3.15. The highest BCUT2D eigenvalue weighted by molar-refractivity contribution is 5.98. The van der Waals surface area contributed by atoms with Gasteiger partial charge in [0.05, 0.1) is 13.2 Å². The van der Waals surface area contributed by atoms with E-state index in [1.165, 1.54) is 0 Å². The Balaban J connectivity index is 1.65. The molecule has 0 aromatic heterocycles. The Morgan fingerprint density at radius 2 is 1.57 bits per heavy atom. The zero-order chi connectivity index (χ0) is 20.2.